The van der Waals surface area contributed by atoms with Crippen molar-refractivity contribution in [3.05, 3.63) is 35.4 Å². The predicted octanol–water partition coefficient (Wildman–Crippen LogP) is 2.77. The number of nitrogens with zero attached hydrogens (tertiary/aromatic N) is 2. The quantitative estimate of drug-likeness (QED) is 0.849. The molecule has 0 bridgehead atoms. The van der Waals surface area contributed by atoms with Gasteiger partial charge in [0.25, 0.3) is 0 Å². The highest BCUT2D eigenvalue weighted by atomic mass is 32.2. The van der Waals surface area contributed by atoms with Gasteiger partial charge in [-0.1, -0.05) is 51.5 Å². The van der Waals surface area contributed by atoms with E-state index in [2.05, 4.69) is 43.0 Å². The topological polar surface area (TPSA) is 40.6 Å². The Balaban J connectivity index is 1.88. The number of rotatable bonds is 4. The Labute approximate surface area is 140 Å². The molecule has 1 unspecified atom stereocenters. The third kappa shape index (κ3) is 3.19. The van der Waals surface area contributed by atoms with Crippen molar-refractivity contribution in [2.24, 2.45) is 0 Å². The van der Waals surface area contributed by atoms with Gasteiger partial charge in [0.1, 0.15) is 0 Å². The second-order valence-electron chi connectivity index (χ2n) is 7.48. The number of benzene rings is 1. The van der Waals surface area contributed by atoms with E-state index in [1.165, 1.54) is 11.1 Å². The van der Waals surface area contributed by atoms with E-state index in [4.69, 9.17) is 0 Å². The lowest BCUT2D eigenvalue weighted by molar-refractivity contribution is 0.0807. The summed E-state index contributed by atoms with van der Waals surface area (Å²) in [4.78, 5) is 2.47. The Morgan fingerprint density at radius 3 is 2.70 bits per heavy atom. The molecular formula is C18H28N2O2S. The summed E-state index contributed by atoms with van der Waals surface area (Å²) >= 11 is 0. The SMILES string of the molecule is CCCCS(=O)(=O)N1CCN2CC(C)(C)c3ccccc3C2C1. The van der Waals surface area contributed by atoms with Gasteiger partial charge >= 0.3 is 0 Å². The molecule has 0 amide bonds. The molecule has 0 radical (unpaired) electrons. The maximum Gasteiger partial charge on any atom is 0.214 e. The summed E-state index contributed by atoms with van der Waals surface area (Å²) in [5, 5.41) is 0. The molecule has 3 rings (SSSR count). The molecule has 1 aromatic rings. The molecule has 0 aromatic heterocycles. The van der Waals surface area contributed by atoms with Gasteiger partial charge in [-0.15, -0.1) is 0 Å². The average molecular weight is 337 g/mol. The van der Waals surface area contributed by atoms with Crippen molar-refractivity contribution in [3.8, 4) is 0 Å². The highest BCUT2D eigenvalue weighted by Crippen LogP contribution is 2.41. The highest BCUT2D eigenvalue weighted by Gasteiger charge is 2.42. The fraction of sp³-hybridized carbons (Fsp3) is 0.667. The molecule has 0 spiro atoms. The minimum absolute atomic E-state index is 0.121. The van der Waals surface area contributed by atoms with Crippen LogP contribution < -0.4 is 0 Å². The molecule has 0 aliphatic carbocycles. The summed E-state index contributed by atoms with van der Waals surface area (Å²) in [6.07, 6.45) is 1.66. The van der Waals surface area contributed by atoms with Gasteiger partial charge in [-0.3, -0.25) is 4.90 Å². The number of hydrogen-bond acceptors (Lipinski definition) is 3. The van der Waals surface area contributed by atoms with Gasteiger partial charge in [0.2, 0.25) is 10.0 Å². The van der Waals surface area contributed by atoms with Crippen LogP contribution in [-0.2, 0) is 15.4 Å². The van der Waals surface area contributed by atoms with Gasteiger partial charge in [-0.05, 0) is 17.5 Å². The largest absolute Gasteiger partial charge is 0.293 e. The van der Waals surface area contributed by atoms with Crippen molar-refractivity contribution >= 4 is 10.0 Å². The summed E-state index contributed by atoms with van der Waals surface area (Å²) in [5.41, 5.74) is 2.80. The van der Waals surface area contributed by atoms with Gasteiger partial charge in [0.15, 0.2) is 0 Å². The number of unbranched alkanes of at least 4 members (excludes halogenated alkanes) is 1. The highest BCUT2D eigenvalue weighted by molar-refractivity contribution is 7.89. The van der Waals surface area contributed by atoms with Crippen LogP contribution in [0.1, 0.15) is 50.8 Å². The first kappa shape index (κ1) is 16.9. The van der Waals surface area contributed by atoms with E-state index in [9.17, 15) is 8.42 Å². The van der Waals surface area contributed by atoms with Crippen molar-refractivity contribution in [1.29, 1.82) is 0 Å². The molecule has 0 saturated carbocycles. The molecule has 1 aromatic carbocycles. The van der Waals surface area contributed by atoms with Crippen molar-refractivity contribution in [3.63, 3.8) is 0 Å². The van der Waals surface area contributed by atoms with E-state index < -0.39 is 10.0 Å². The van der Waals surface area contributed by atoms with Crippen molar-refractivity contribution in [1.82, 2.24) is 9.21 Å². The molecule has 23 heavy (non-hydrogen) atoms. The summed E-state index contributed by atoms with van der Waals surface area (Å²) in [5.74, 6) is 0.281. The zero-order valence-corrected chi connectivity index (χ0v) is 15.3. The van der Waals surface area contributed by atoms with Gasteiger partial charge < -0.3 is 0 Å². The van der Waals surface area contributed by atoms with Crippen LogP contribution >= 0.6 is 0 Å². The van der Waals surface area contributed by atoms with E-state index in [-0.39, 0.29) is 17.2 Å². The summed E-state index contributed by atoms with van der Waals surface area (Å²) in [6.45, 7) is 9.65. The van der Waals surface area contributed by atoms with Crippen LogP contribution in [0.3, 0.4) is 0 Å². The maximum atomic E-state index is 12.6. The molecule has 0 N–H and O–H groups in total. The summed E-state index contributed by atoms with van der Waals surface area (Å²) in [6, 6.07) is 8.75. The van der Waals surface area contributed by atoms with Gasteiger partial charge in [-0.25, -0.2) is 8.42 Å². The van der Waals surface area contributed by atoms with Crippen LogP contribution in [0.2, 0.25) is 0 Å². The van der Waals surface area contributed by atoms with Crippen molar-refractivity contribution < 1.29 is 8.42 Å². The van der Waals surface area contributed by atoms with Crippen LogP contribution in [0.5, 0.6) is 0 Å². The molecule has 128 valence electrons. The Hall–Kier alpha value is -0.910. The Morgan fingerprint density at radius 2 is 1.96 bits per heavy atom. The second kappa shape index (κ2) is 6.19. The van der Waals surface area contributed by atoms with Gasteiger partial charge in [0, 0.05) is 37.6 Å². The molecular weight excluding hydrogens is 308 g/mol. The smallest absolute Gasteiger partial charge is 0.214 e. The van der Waals surface area contributed by atoms with E-state index in [0.717, 1.165) is 25.9 Å². The first-order valence-corrected chi connectivity index (χ1v) is 10.3. The lowest BCUT2D eigenvalue weighted by Crippen LogP contribution is -2.56. The monoisotopic (exact) mass is 336 g/mol. The fourth-order valence-corrected chi connectivity index (χ4v) is 5.62. The number of hydrogen-bond donors (Lipinski definition) is 0. The van der Waals surface area contributed by atoms with E-state index in [1.54, 1.807) is 4.31 Å². The van der Waals surface area contributed by atoms with Gasteiger partial charge in [0.05, 0.1) is 5.75 Å². The van der Waals surface area contributed by atoms with Crippen LogP contribution in [0.25, 0.3) is 0 Å². The van der Waals surface area contributed by atoms with E-state index >= 15 is 0 Å². The molecule has 2 aliphatic rings. The lowest BCUT2D eigenvalue weighted by atomic mass is 9.75. The molecule has 5 heteroatoms. The standard InChI is InChI=1S/C18H28N2O2S/c1-4-5-12-23(21,22)20-11-10-19-14-18(2,3)16-9-7-6-8-15(16)17(19)13-20/h6-9,17H,4-5,10-14H2,1-3H3. The Bertz CT molecular complexity index is 669. The van der Waals surface area contributed by atoms with E-state index in [0.29, 0.717) is 13.1 Å². The first-order chi connectivity index (χ1) is 10.8. The second-order valence-corrected chi connectivity index (χ2v) is 9.57. The summed E-state index contributed by atoms with van der Waals surface area (Å²) in [7, 11) is -3.12. The zero-order valence-electron chi connectivity index (χ0n) is 14.5. The number of piperazine rings is 1. The van der Waals surface area contributed by atoms with E-state index in [1.807, 2.05) is 6.92 Å². The third-order valence-corrected chi connectivity index (χ3v) is 7.17. The van der Waals surface area contributed by atoms with Crippen molar-refractivity contribution in [2.45, 2.75) is 45.1 Å². The number of sulfonamides is 1. The maximum absolute atomic E-state index is 12.6. The number of fused-ring (bicyclic) bond motifs is 3. The minimum Gasteiger partial charge on any atom is -0.293 e. The Morgan fingerprint density at radius 1 is 1.22 bits per heavy atom. The first-order valence-electron chi connectivity index (χ1n) is 8.66. The van der Waals surface area contributed by atoms with Crippen molar-refractivity contribution in [2.75, 3.05) is 31.9 Å². The lowest BCUT2D eigenvalue weighted by Gasteiger charge is -2.49. The molecule has 1 fully saturated rings. The fourth-order valence-electron chi connectivity index (χ4n) is 3.99. The third-order valence-electron chi connectivity index (χ3n) is 5.25. The average Bonchev–Trinajstić information content (AvgIpc) is 2.52. The molecule has 1 saturated heterocycles. The zero-order chi connectivity index (χ0) is 16.7. The van der Waals surface area contributed by atoms with Crippen LogP contribution in [0.4, 0.5) is 0 Å². The summed E-state index contributed by atoms with van der Waals surface area (Å²) < 4.78 is 26.9. The molecule has 2 aliphatic heterocycles. The Kier molecular flexibility index (Phi) is 4.55. The van der Waals surface area contributed by atoms with Crippen LogP contribution in [-0.4, -0.2) is 49.6 Å². The molecule has 4 nitrogen and oxygen atoms in total. The van der Waals surface area contributed by atoms with Gasteiger partial charge in [-0.2, -0.15) is 4.31 Å². The normalized spacial score (nSPS) is 24.9. The predicted molar refractivity (Wildman–Crippen MR) is 94.0 cm³/mol. The van der Waals surface area contributed by atoms with Crippen LogP contribution in [0, 0.1) is 0 Å². The minimum atomic E-state index is -3.12. The van der Waals surface area contributed by atoms with Crippen LogP contribution in [0.15, 0.2) is 24.3 Å². The molecule has 2 heterocycles. The molecule has 1 atom stereocenters.